The predicted octanol–water partition coefficient (Wildman–Crippen LogP) is 0.331. The Morgan fingerprint density at radius 2 is 2.33 bits per heavy atom. The minimum Gasteiger partial charge on any atom is -0.372 e. The monoisotopic (exact) mass is 124 g/mol. The molecule has 1 rings (SSSR count). The number of nitrogens with zero attached hydrogens (tertiary/aromatic N) is 1. The van der Waals surface area contributed by atoms with Crippen molar-refractivity contribution >= 4 is 0 Å². The van der Waals surface area contributed by atoms with E-state index in [1.54, 1.807) is 0 Å². The van der Waals surface area contributed by atoms with Gasteiger partial charge in [0, 0.05) is 19.6 Å². The molecule has 1 aliphatic rings. The number of hydrogen-bond donors (Lipinski definition) is 1. The van der Waals surface area contributed by atoms with Crippen LogP contribution >= 0.6 is 0 Å². The van der Waals surface area contributed by atoms with Crippen LogP contribution in [-0.2, 0) is 0 Å². The average Bonchev–Trinajstić information content (AvgIpc) is 1.91. The number of allylic oxidation sites excluding steroid dienone is 2. The molecule has 0 unspecified atom stereocenters. The lowest BCUT2D eigenvalue weighted by Gasteiger charge is -2.18. The highest BCUT2D eigenvalue weighted by Crippen LogP contribution is 1.95. The van der Waals surface area contributed by atoms with Crippen LogP contribution in [0.15, 0.2) is 24.4 Å². The Morgan fingerprint density at radius 1 is 1.44 bits per heavy atom. The van der Waals surface area contributed by atoms with Crippen LogP contribution in [0.5, 0.6) is 0 Å². The van der Waals surface area contributed by atoms with Crippen molar-refractivity contribution in [3.8, 4) is 0 Å². The summed E-state index contributed by atoms with van der Waals surface area (Å²) in [6.45, 7) is 2.70. The molecular formula is C7H12N2. The Bertz CT molecular complexity index is 127. The molecule has 9 heavy (non-hydrogen) atoms. The molecule has 0 aliphatic carbocycles. The molecule has 50 valence electrons. The van der Waals surface area contributed by atoms with Crippen LogP contribution in [-0.4, -0.2) is 24.5 Å². The summed E-state index contributed by atoms with van der Waals surface area (Å²) in [5.41, 5.74) is 5.36. The topological polar surface area (TPSA) is 29.3 Å². The Kier molecular flexibility index (Phi) is 2.33. The van der Waals surface area contributed by atoms with Gasteiger partial charge in [-0.1, -0.05) is 12.2 Å². The second-order valence-electron chi connectivity index (χ2n) is 2.05. The quantitative estimate of drug-likeness (QED) is 0.575. The summed E-state index contributed by atoms with van der Waals surface area (Å²) in [5.74, 6) is 0. The maximum Gasteiger partial charge on any atom is 0.0357 e. The predicted molar refractivity (Wildman–Crippen MR) is 38.9 cm³/mol. The van der Waals surface area contributed by atoms with Gasteiger partial charge in [0.15, 0.2) is 0 Å². The third-order valence-corrected chi connectivity index (χ3v) is 1.30. The third-order valence-electron chi connectivity index (χ3n) is 1.30. The van der Waals surface area contributed by atoms with Crippen molar-refractivity contribution in [1.29, 1.82) is 0 Å². The maximum atomic E-state index is 5.36. The van der Waals surface area contributed by atoms with Crippen LogP contribution in [0.4, 0.5) is 0 Å². The van der Waals surface area contributed by atoms with Gasteiger partial charge >= 0.3 is 0 Å². The van der Waals surface area contributed by atoms with Gasteiger partial charge in [0.05, 0.1) is 0 Å². The minimum atomic E-state index is 0.734. The van der Waals surface area contributed by atoms with E-state index < -0.39 is 0 Å². The van der Waals surface area contributed by atoms with Crippen LogP contribution in [0.25, 0.3) is 0 Å². The Morgan fingerprint density at radius 3 is 2.89 bits per heavy atom. The first kappa shape index (κ1) is 6.36. The highest BCUT2D eigenvalue weighted by Gasteiger charge is 1.94. The van der Waals surface area contributed by atoms with Gasteiger partial charge in [-0.3, -0.25) is 0 Å². The van der Waals surface area contributed by atoms with E-state index in [9.17, 15) is 0 Å². The zero-order chi connectivity index (χ0) is 6.53. The second kappa shape index (κ2) is 3.30. The van der Waals surface area contributed by atoms with Crippen LogP contribution in [0.2, 0.25) is 0 Å². The average molecular weight is 124 g/mol. The largest absolute Gasteiger partial charge is 0.372 e. The first-order valence-electron chi connectivity index (χ1n) is 3.21. The van der Waals surface area contributed by atoms with E-state index in [1.165, 1.54) is 0 Å². The van der Waals surface area contributed by atoms with Crippen molar-refractivity contribution in [2.24, 2.45) is 5.73 Å². The molecule has 1 aliphatic heterocycles. The van der Waals surface area contributed by atoms with Crippen molar-refractivity contribution in [3.63, 3.8) is 0 Å². The second-order valence-corrected chi connectivity index (χ2v) is 2.05. The molecule has 0 aromatic rings. The normalized spacial score (nSPS) is 16.8. The molecule has 1 heterocycles. The smallest absolute Gasteiger partial charge is 0.0357 e. The van der Waals surface area contributed by atoms with Crippen LogP contribution < -0.4 is 5.73 Å². The first-order chi connectivity index (χ1) is 4.43. The van der Waals surface area contributed by atoms with Crippen LogP contribution in [0, 0.1) is 0 Å². The van der Waals surface area contributed by atoms with Crippen LogP contribution in [0.3, 0.4) is 0 Å². The Labute approximate surface area is 55.6 Å². The van der Waals surface area contributed by atoms with Gasteiger partial charge in [-0.25, -0.2) is 0 Å². The standard InChI is InChI=1S/C7H12N2/c8-4-7-9-5-2-1-3-6-9/h1-3,5H,4,6-8H2. The highest BCUT2D eigenvalue weighted by atomic mass is 15.1. The van der Waals surface area contributed by atoms with Crippen molar-refractivity contribution in [3.05, 3.63) is 24.4 Å². The van der Waals surface area contributed by atoms with E-state index in [1.807, 2.05) is 12.2 Å². The molecule has 0 saturated heterocycles. The lowest BCUT2D eigenvalue weighted by atomic mass is 10.3. The summed E-state index contributed by atoms with van der Waals surface area (Å²) in [5, 5.41) is 0. The zero-order valence-electron chi connectivity index (χ0n) is 5.46. The zero-order valence-corrected chi connectivity index (χ0v) is 5.46. The third kappa shape index (κ3) is 1.90. The van der Waals surface area contributed by atoms with E-state index in [0.29, 0.717) is 0 Å². The first-order valence-corrected chi connectivity index (χ1v) is 3.21. The molecule has 0 amide bonds. The molecule has 2 heteroatoms. The minimum absolute atomic E-state index is 0.734. The molecule has 0 fully saturated rings. The molecule has 0 aromatic heterocycles. The van der Waals surface area contributed by atoms with E-state index in [-0.39, 0.29) is 0 Å². The van der Waals surface area contributed by atoms with Crippen LogP contribution in [0.1, 0.15) is 0 Å². The van der Waals surface area contributed by atoms with Gasteiger partial charge in [-0.05, 0) is 12.3 Å². The number of rotatable bonds is 2. The van der Waals surface area contributed by atoms with Gasteiger partial charge in [0.25, 0.3) is 0 Å². The molecular weight excluding hydrogens is 112 g/mol. The molecule has 0 atom stereocenters. The molecule has 0 aromatic carbocycles. The van der Waals surface area contributed by atoms with Gasteiger partial charge in [-0.15, -0.1) is 0 Å². The van der Waals surface area contributed by atoms with Gasteiger partial charge < -0.3 is 10.6 Å². The van der Waals surface area contributed by atoms with E-state index in [2.05, 4.69) is 17.2 Å². The van der Waals surface area contributed by atoms with Crippen molar-refractivity contribution in [2.75, 3.05) is 19.6 Å². The van der Waals surface area contributed by atoms with Gasteiger partial charge in [0.1, 0.15) is 0 Å². The fourth-order valence-corrected chi connectivity index (χ4v) is 0.839. The maximum absolute atomic E-state index is 5.36. The number of hydrogen-bond acceptors (Lipinski definition) is 2. The van der Waals surface area contributed by atoms with Crippen molar-refractivity contribution in [1.82, 2.24) is 4.90 Å². The molecule has 2 N–H and O–H groups in total. The van der Waals surface area contributed by atoms with E-state index in [4.69, 9.17) is 5.73 Å². The highest BCUT2D eigenvalue weighted by molar-refractivity contribution is 5.08. The lowest BCUT2D eigenvalue weighted by molar-refractivity contribution is 0.422. The summed E-state index contributed by atoms with van der Waals surface area (Å²) in [7, 11) is 0. The summed E-state index contributed by atoms with van der Waals surface area (Å²) < 4.78 is 0. The van der Waals surface area contributed by atoms with Gasteiger partial charge in [0.2, 0.25) is 0 Å². The molecule has 0 saturated carbocycles. The van der Waals surface area contributed by atoms with E-state index >= 15 is 0 Å². The molecule has 2 nitrogen and oxygen atoms in total. The van der Waals surface area contributed by atoms with Crippen molar-refractivity contribution in [2.45, 2.75) is 0 Å². The fourth-order valence-electron chi connectivity index (χ4n) is 0.839. The molecule has 0 radical (unpaired) electrons. The fraction of sp³-hybridized carbons (Fsp3) is 0.429. The number of nitrogens with two attached hydrogens (primary N) is 1. The SMILES string of the molecule is NCCN1C=CC=CC1. The summed E-state index contributed by atoms with van der Waals surface area (Å²) in [6.07, 6.45) is 8.26. The molecule has 0 bridgehead atoms. The van der Waals surface area contributed by atoms with E-state index in [0.717, 1.165) is 19.6 Å². The van der Waals surface area contributed by atoms with Gasteiger partial charge in [-0.2, -0.15) is 0 Å². The molecule has 0 spiro atoms. The Balaban J connectivity index is 2.28. The summed E-state index contributed by atoms with van der Waals surface area (Å²) in [6, 6.07) is 0. The summed E-state index contributed by atoms with van der Waals surface area (Å²) in [4.78, 5) is 2.18. The lowest BCUT2D eigenvalue weighted by Crippen LogP contribution is -2.25. The Hall–Kier alpha value is -0.760. The summed E-state index contributed by atoms with van der Waals surface area (Å²) >= 11 is 0. The van der Waals surface area contributed by atoms with Crippen molar-refractivity contribution < 1.29 is 0 Å².